The van der Waals surface area contributed by atoms with Crippen LogP contribution >= 0.6 is 0 Å². The monoisotopic (exact) mass is 314 g/mol. The number of fused-ring (bicyclic) bond motifs is 1. The average Bonchev–Trinajstić information content (AvgIpc) is 2.54. The maximum atomic E-state index is 13.9. The first-order valence-electron chi connectivity index (χ1n) is 6.82. The fraction of sp³-hybridized carbons (Fsp3) is 0.0556. The molecule has 3 aromatic carbocycles. The lowest BCUT2D eigenvalue weighted by Gasteiger charge is -2.08. The largest absolute Gasteiger partial charge is 0.497 e. The Bertz CT molecular complexity index is 891. The van der Waals surface area contributed by atoms with Gasteiger partial charge in [0.05, 0.1) is 12.7 Å². The molecule has 116 valence electrons. The first kappa shape index (κ1) is 15.0. The number of carbonyl (C=O) groups excluding carboxylic acids is 1. The van der Waals surface area contributed by atoms with E-state index in [0.29, 0.717) is 16.5 Å². The van der Waals surface area contributed by atoms with E-state index in [1.807, 2.05) is 0 Å². The van der Waals surface area contributed by atoms with Crippen LogP contribution in [0.15, 0.2) is 54.6 Å². The van der Waals surface area contributed by atoms with Crippen LogP contribution in [0.25, 0.3) is 10.8 Å². The second kappa shape index (κ2) is 6.04. The molecule has 0 atom stereocenters. The summed E-state index contributed by atoms with van der Waals surface area (Å²) >= 11 is 0. The van der Waals surface area contributed by atoms with Crippen molar-refractivity contribution in [3.05, 3.63) is 71.8 Å². The molecule has 0 fully saturated rings. The maximum Gasteiger partial charge on any atom is 0.346 e. The summed E-state index contributed by atoms with van der Waals surface area (Å²) < 4.78 is 37.5. The van der Waals surface area contributed by atoms with Gasteiger partial charge in [-0.1, -0.05) is 12.1 Å². The average molecular weight is 314 g/mol. The number of halogens is 2. The van der Waals surface area contributed by atoms with Crippen molar-refractivity contribution in [3.8, 4) is 11.5 Å². The minimum absolute atomic E-state index is 0.204. The Labute approximate surface area is 131 Å². The van der Waals surface area contributed by atoms with E-state index in [1.165, 1.54) is 43.5 Å². The summed E-state index contributed by atoms with van der Waals surface area (Å²) in [6.07, 6.45) is 0. The molecule has 0 aliphatic rings. The number of benzene rings is 3. The zero-order valence-electron chi connectivity index (χ0n) is 12.2. The Morgan fingerprint density at radius 1 is 0.913 bits per heavy atom. The zero-order valence-corrected chi connectivity index (χ0v) is 12.2. The number of esters is 1. The van der Waals surface area contributed by atoms with Crippen molar-refractivity contribution in [1.82, 2.24) is 0 Å². The predicted molar refractivity (Wildman–Crippen MR) is 81.8 cm³/mol. The number of hydrogen-bond acceptors (Lipinski definition) is 3. The van der Waals surface area contributed by atoms with E-state index in [1.54, 1.807) is 12.1 Å². The first-order valence-corrected chi connectivity index (χ1v) is 6.82. The van der Waals surface area contributed by atoms with Crippen LogP contribution in [0.1, 0.15) is 10.4 Å². The Morgan fingerprint density at radius 3 is 2.43 bits per heavy atom. The Morgan fingerprint density at radius 2 is 1.70 bits per heavy atom. The fourth-order valence-electron chi connectivity index (χ4n) is 2.24. The lowest BCUT2D eigenvalue weighted by Crippen LogP contribution is -2.10. The molecule has 0 aromatic heterocycles. The van der Waals surface area contributed by atoms with Gasteiger partial charge in [0.15, 0.2) is 0 Å². The van der Waals surface area contributed by atoms with E-state index in [0.717, 1.165) is 6.07 Å². The smallest absolute Gasteiger partial charge is 0.346 e. The minimum Gasteiger partial charge on any atom is -0.497 e. The molecular weight excluding hydrogens is 302 g/mol. The molecule has 0 spiro atoms. The van der Waals surface area contributed by atoms with Crippen molar-refractivity contribution in [2.24, 2.45) is 0 Å². The molecule has 0 saturated heterocycles. The van der Waals surface area contributed by atoms with Crippen LogP contribution in [0.3, 0.4) is 0 Å². The number of hydrogen-bond donors (Lipinski definition) is 0. The minimum atomic E-state index is -0.832. The highest BCUT2D eigenvalue weighted by molar-refractivity contribution is 5.92. The van der Waals surface area contributed by atoms with Crippen LogP contribution in [0.2, 0.25) is 0 Å². The molecule has 23 heavy (non-hydrogen) atoms. The molecule has 3 aromatic rings. The normalized spacial score (nSPS) is 10.6. The molecule has 3 rings (SSSR count). The molecule has 0 aliphatic carbocycles. The second-order valence-electron chi connectivity index (χ2n) is 4.86. The van der Waals surface area contributed by atoms with Gasteiger partial charge in [-0.3, -0.25) is 0 Å². The third-order valence-corrected chi connectivity index (χ3v) is 3.41. The summed E-state index contributed by atoms with van der Waals surface area (Å²) in [6.45, 7) is 0. The van der Waals surface area contributed by atoms with Gasteiger partial charge in [-0.05, 0) is 41.8 Å². The van der Waals surface area contributed by atoms with Crippen molar-refractivity contribution in [2.45, 2.75) is 0 Å². The third-order valence-electron chi connectivity index (χ3n) is 3.41. The van der Waals surface area contributed by atoms with Gasteiger partial charge in [-0.2, -0.15) is 0 Å². The van der Waals surface area contributed by atoms with Crippen molar-refractivity contribution >= 4 is 16.7 Å². The lowest BCUT2D eigenvalue weighted by molar-refractivity contribution is 0.0730. The summed E-state index contributed by atoms with van der Waals surface area (Å²) in [5, 5.41) is 1.01. The van der Waals surface area contributed by atoms with E-state index in [4.69, 9.17) is 9.47 Å². The second-order valence-corrected chi connectivity index (χ2v) is 4.86. The highest BCUT2D eigenvalue weighted by atomic mass is 19.1. The highest BCUT2D eigenvalue weighted by Gasteiger charge is 2.15. The van der Waals surface area contributed by atoms with Gasteiger partial charge in [-0.25, -0.2) is 13.6 Å². The molecule has 0 bridgehead atoms. The van der Waals surface area contributed by atoms with E-state index < -0.39 is 11.8 Å². The molecule has 0 amide bonds. The summed E-state index contributed by atoms with van der Waals surface area (Å²) in [5.74, 6) is -1.41. The van der Waals surface area contributed by atoms with E-state index in [2.05, 4.69) is 0 Å². The van der Waals surface area contributed by atoms with Gasteiger partial charge < -0.3 is 9.47 Å². The maximum absolute atomic E-state index is 13.9. The van der Waals surface area contributed by atoms with Crippen LogP contribution in [-0.4, -0.2) is 13.1 Å². The van der Waals surface area contributed by atoms with Crippen LogP contribution in [0.5, 0.6) is 11.5 Å². The Hall–Kier alpha value is -2.95. The van der Waals surface area contributed by atoms with Crippen LogP contribution in [0.4, 0.5) is 8.78 Å². The number of ether oxygens (including phenoxy) is 2. The molecular formula is C18H12F2O3. The molecule has 5 heteroatoms. The molecule has 0 unspecified atom stereocenters. The van der Waals surface area contributed by atoms with E-state index in [9.17, 15) is 13.6 Å². The number of methoxy groups -OCH3 is 1. The standard InChI is InChI=1S/C18H12F2O3/c1-22-12-5-8-15(17(20)10-12)18(21)23-13-6-7-14-11(9-13)3-2-4-16(14)19/h2-10H,1H3. The third kappa shape index (κ3) is 2.99. The first-order chi connectivity index (χ1) is 11.1. The van der Waals surface area contributed by atoms with Crippen LogP contribution < -0.4 is 9.47 Å². The van der Waals surface area contributed by atoms with Crippen molar-refractivity contribution in [2.75, 3.05) is 7.11 Å². The Balaban J connectivity index is 1.88. The highest BCUT2D eigenvalue weighted by Crippen LogP contribution is 2.24. The van der Waals surface area contributed by atoms with Crippen molar-refractivity contribution in [1.29, 1.82) is 0 Å². The van der Waals surface area contributed by atoms with E-state index >= 15 is 0 Å². The van der Waals surface area contributed by atoms with Crippen molar-refractivity contribution in [3.63, 3.8) is 0 Å². The molecule has 0 N–H and O–H groups in total. The lowest BCUT2D eigenvalue weighted by atomic mass is 10.1. The van der Waals surface area contributed by atoms with Crippen LogP contribution in [-0.2, 0) is 0 Å². The molecule has 0 aliphatic heterocycles. The van der Waals surface area contributed by atoms with Crippen LogP contribution in [0, 0.1) is 11.6 Å². The summed E-state index contributed by atoms with van der Waals surface area (Å²) in [5.41, 5.74) is -0.204. The summed E-state index contributed by atoms with van der Waals surface area (Å²) in [6, 6.07) is 13.0. The SMILES string of the molecule is COc1ccc(C(=O)Oc2ccc3c(F)cccc3c2)c(F)c1. The zero-order chi connectivity index (χ0) is 16.4. The fourth-order valence-corrected chi connectivity index (χ4v) is 2.24. The van der Waals surface area contributed by atoms with Gasteiger partial charge in [0, 0.05) is 11.5 Å². The van der Waals surface area contributed by atoms with E-state index in [-0.39, 0.29) is 17.1 Å². The number of carbonyl (C=O) groups is 1. The van der Waals surface area contributed by atoms with Gasteiger partial charge in [0.2, 0.25) is 0 Å². The summed E-state index contributed by atoms with van der Waals surface area (Å²) in [7, 11) is 1.40. The quantitative estimate of drug-likeness (QED) is 0.533. The van der Waals surface area contributed by atoms with Gasteiger partial charge in [-0.15, -0.1) is 0 Å². The Kier molecular flexibility index (Phi) is 3.93. The topological polar surface area (TPSA) is 35.5 Å². The molecule has 0 radical (unpaired) electrons. The molecule has 3 nitrogen and oxygen atoms in total. The van der Waals surface area contributed by atoms with Gasteiger partial charge >= 0.3 is 5.97 Å². The van der Waals surface area contributed by atoms with Gasteiger partial charge in [0.1, 0.15) is 23.1 Å². The number of rotatable bonds is 3. The molecule has 0 saturated carbocycles. The predicted octanol–water partition coefficient (Wildman–Crippen LogP) is 4.35. The summed E-state index contributed by atoms with van der Waals surface area (Å²) in [4.78, 5) is 12.1. The van der Waals surface area contributed by atoms with Gasteiger partial charge in [0.25, 0.3) is 0 Å². The van der Waals surface area contributed by atoms with Crippen molar-refractivity contribution < 1.29 is 23.0 Å². The molecule has 0 heterocycles.